The number of hydrogen-bond acceptors (Lipinski definition) is 0. The van der Waals surface area contributed by atoms with Crippen LogP contribution in [0.25, 0.3) is 0 Å². The van der Waals surface area contributed by atoms with E-state index >= 15 is 0 Å². The molecule has 0 aliphatic carbocycles. The summed E-state index contributed by atoms with van der Waals surface area (Å²) in [6.45, 7) is 4.65. The van der Waals surface area contributed by atoms with Crippen molar-refractivity contribution < 1.29 is 0 Å². The molecule has 0 aliphatic rings. The van der Waals surface area contributed by atoms with Crippen molar-refractivity contribution in [2.24, 2.45) is 0 Å². The standard InChI is InChI=1S/C4H10Si2/c1-6(2)4-3-5/h3-4H2,1-2H3. The lowest BCUT2D eigenvalue weighted by molar-refractivity contribution is 1.40. The van der Waals surface area contributed by atoms with Gasteiger partial charge in [0.25, 0.3) is 0 Å². The fraction of sp³-hybridized carbons (Fsp3) is 1.00. The van der Waals surface area contributed by atoms with Crippen LogP contribution < -0.4 is 0 Å². The molecular formula is C4H10Si2. The summed E-state index contributed by atoms with van der Waals surface area (Å²) in [5, 5.41) is 0. The Bertz CT molecular complexity index is 26.7. The van der Waals surface area contributed by atoms with E-state index < -0.39 is 0 Å². The Morgan fingerprint density at radius 2 is 2.00 bits per heavy atom. The minimum absolute atomic E-state index is 0.0658. The van der Waals surface area contributed by atoms with Crippen molar-refractivity contribution in [2.45, 2.75) is 25.2 Å². The lowest BCUT2D eigenvalue weighted by atomic mass is 10.9. The van der Waals surface area contributed by atoms with Crippen molar-refractivity contribution in [3.05, 3.63) is 0 Å². The van der Waals surface area contributed by atoms with Gasteiger partial charge >= 0.3 is 0 Å². The van der Waals surface area contributed by atoms with Crippen molar-refractivity contribution >= 4 is 19.0 Å². The van der Waals surface area contributed by atoms with E-state index in [0.717, 1.165) is 0 Å². The molecule has 0 aromatic carbocycles. The van der Waals surface area contributed by atoms with Gasteiger partial charge in [0, 0.05) is 19.0 Å². The SMILES string of the molecule is C[Si](C)CC[Si]. The molecule has 0 N–H and O–H groups in total. The smallest absolute Gasteiger partial charge is 0.0409 e. The van der Waals surface area contributed by atoms with Gasteiger partial charge in [-0.1, -0.05) is 25.2 Å². The molecule has 0 fully saturated rings. The van der Waals surface area contributed by atoms with Crippen LogP contribution in [0.5, 0.6) is 0 Å². The maximum absolute atomic E-state index is 3.42. The van der Waals surface area contributed by atoms with Crippen molar-refractivity contribution in [3.63, 3.8) is 0 Å². The Morgan fingerprint density at radius 1 is 1.50 bits per heavy atom. The molecule has 0 bridgehead atoms. The van der Waals surface area contributed by atoms with E-state index in [1.54, 1.807) is 0 Å². The van der Waals surface area contributed by atoms with Crippen LogP contribution in [0.3, 0.4) is 0 Å². The first kappa shape index (κ1) is 6.43. The Labute approximate surface area is 45.0 Å². The molecule has 0 saturated carbocycles. The summed E-state index contributed by atoms with van der Waals surface area (Å²) in [5.74, 6) is 0. The molecule has 0 aromatic rings. The molecule has 0 rings (SSSR count). The van der Waals surface area contributed by atoms with Crippen LogP contribution in [-0.4, -0.2) is 19.0 Å². The van der Waals surface area contributed by atoms with Gasteiger partial charge in [0.2, 0.25) is 0 Å². The zero-order valence-corrected chi connectivity index (χ0v) is 6.41. The third kappa shape index (κ3) is 4.43. The first-order chi connectivity index (χ1) is 2.77. The van der Waals surface area contributed by atoms with Gasteiger partial charge in [0.15, 0.2) is 0 Å². The van der Waals surface area contributed by atoms with Gasteiger partial charge in [-0.3, -0.25) is 0 Å². The van der Waals surface area contributed by atoms with E-state index in [9.17, 15) is 0 Å². The monoisotopic (exact) mass is 114 g/mol. The number of hydrogen-bond donors (Lipinski definition) is 0. The third-order valence-corrected chi connectivity index (χ3v) is 2.62. The Hall–Kier alpha value is 0.434. The van der Waals surface area contributed by atoms with E-state index in [2.05, 4.69) is 23.3 Å². The fourth-order valence-electron chi connectivity index (χ4n) is 0.250. The van der Waals surface area contributed by atoms with Gasteiger partial charge in [0.1, 0.15) is 0 Å². The summed E-state index contributed by atoms with van der Waals surface area (Å²) in [7, 11) is 3.48. The van der Waals surface area contributed by atoms with Gasteiger partial charge in [-0.2, -0.15) is 0 Å². The molecule has 4 radical (unpaired) electrons. The summed E-state index contributed by atoms with van der Waals surface area (Å²) in [5.41, 5.74) is 0. The molecule has 0 heterocycles. The Kier molecular flexibility index (Phi) is 3.88. The molecule has 0 nitrogen and oxygen atoms in total. The predicted molar refractivity (Wildman–Crippen MR) is 32.8 cm³/mol. The molecule has 0 aromatic heterocycles. The molecule has 0 aliphatic heterocycles. The van der Waals surface area contributed by atoms with Crippen LogP contribution in [-0.2, 0) is 0 Å². The van der Waals surface area contributed by atoms with Crippen molar-refractivity contribution in [2.75, 3.05) is 0 Å². The second-order valence-corrected chi connectivity index (χ2v) is 5.12. The van der Waals surface area contributed by atoms with Gasteiger partial charge in [-0.05, 0) is 0 Å². The average molecular weight is 114 g/mol. The van der Waals surface area contributed by atoms with Crippen molar-refractivity contribution in [1.29, 1.82) is 0 Å². The van der Waals surface area contributed by atoms with Crippen LogP contribution in [0.1, 0.15) is 0 Å². The number of rotatable bonds is 2. The lowest BCUT2D eigenvalue weighted by Crippen LogP contribution is -1.96. The molecule has 0 unspecified atom stereocenters. The summed E-state index contributed by atoms with van der Waals surface area (Å²) in [6.07, 6.45) is 0. The van der Waals surface area contributed by atoms with Crippen LogP contribution in [0.4, 0.5) is 0 Å². The van der Waals surface area contributed by atoms with Crippen LogP contribution >= 0.6 is 0 Å². The molecule has 0 amide bonds. The zero-order valence-electron chi connectivity index (χ0n) is 4.41. The quantitative estimate of drug-likeness (QED) is 0.475. The van der Waals surface area contributed by atoms with Crippen LogP contribution in [0, 0.1) is 0 Å². The van der Waals surface area contributed by atoms with Gasteiger partial charge in [0.05, 0.1) is 0 Å². The molecular weight excluding hydrogens is 104 g/mol. The normalized spacial score (nSPS) is 10.0. The van der Waals surface area contributed by atoms with Gasteiger partial charge in [-0.15, -0.1) is 0 Å². The molecule has 0 atom stereocenters. The van der Waals surface area contributed by atoms with Crippen LogP contribution in [0.2, 0.25) is 25.2 Å². The van der Waals surface area contributed by atoms with Gasteiger partial charge in [-0.25, -0.2) is 0 Å². The van der Waals surface area contributed by atoms with Crippen molar-refractivity contribution in [3.8, 4) is 0 Å². The highest BCUT2D eigenvalue weighted by atomic mass is 28.3. The first-order valence-electron chi connectivity index (χ1n) is 2.21. The summed E-state index contributed by atoms with van der Waals surface area (Å²) in [4.78, 5) is 0. The van der Waals surface area contributed by atoms with Crippen molar-refractivity contribution in [1.82, 2.24) is 0 Å². The maximum atomic E-state index is 3.42. The summed E-state index contributed by atoms with van der Waals surface area (Å²) in [6, 6.07) is 2.57. The summed E-state index contributed by atoms with van der Waals surface area (Å²) >= 11 is 0. The zero-order chi connectivity index (χ0) is 4.99. The Morgan fingerprint density at radius 3 is 2.00 bits per heavy atom. The molecule has 34 valence electrons. The minimum atomic E-state index is 0.0658. The Balaban J connectivity index is 2.63. The predicted octanol–water partition coefficient (Wildman–Crippen LogP) is 1.33. The summed E-state index contributed by atoms with van der Waals surface area (Å²) < 4.78 is 0. The average Bonchev–Trinajstić information content (AvgIpc) is 1.35. The van der Waals surface area contributed by atoms with Gasteiger partial charge < -0.3 is 0 Å². The maximum Gasteiger partial charge on any atom is 0.0409 e. The van der Waals surface area contributed by atoms with Crippen LogP contribution in [0.15, 0.2) is 0 Å². The van der Waals surface area contributed by atoms with E-state index in [1.165, 1.54) is 12.1 Å². The first-order valence-corrected chi connectivity index (χ1v) is 5.62. The molecule has 0 saturated heterocycles. The second-order valence-electron chi connectivity index (χ2n) is 1.71. The highest BCUT2D eigenvalue weighted by Gasteiger charge is 1.88. The van der Waals surface area contributed by atoms with E-state index in [4.69, 9.17) is 0 Å². The molecule has 0 spiro atoms. The van der Waals surface area contributed by atoms with E-state index in [1.807, 2.05) is 0 Å². The van der Waals surface area contributed by atoms with E-state index in [0.29, 0.717) is 0 Å². The lowest BCUT2D eigenvalue weighted by Gasteiger charge is -1.93. The van der Waals surface area contributed by atoms with E-state index in [-0.39, 0.29) is 8.80 Å². The fourth-order valence-corrected chi connectivity index (χ4v) is 2.25. The minimum Gasteiger partial charge on any atom is -0.0713 e. The second kappa shape index (κ2) is 3.62. The topological polar surface area (TPSA) is 0 Å². The molecule has 2 heteroatoms. The third-order valence-electron chi connectivity index (χ3n) is 0.625. The highest BCUT2D eigenvalue weighted by molar-refractivity contribution is 6.56. The largest absolute Gasteiger partial charge is 0.0713 e. The highest BCUT2D eigenvalue weighted by Crippen LogP contribution is 1.91. The molecule has 6 heavy (non-hydrogen) atoms.